The van der Waals surface area contributed by atoms with Crippen molar-refractivity contribution in [3.63, 3.8) is 0 Å². The van der Waals surface area contributed by atoms with Crippen LogP contribution in [-0.2, 0) is 0 Å². The lowest BCUT2D eigenvalue weighted by molar-refractivity contribution is -0.790. The summed E-state index contributed by atoms with van der Waals surface area (Å²) in [4.78, 5) is 0. The van der Waals surface area contributed by atoms with Crippen molar-refractivity contribution < 1.29 is 9.20 Å². The maximum absolute atomic E-state index is 7.18. The summed E-state index contributed by atoms with van der Waals surface area (Å²) < 4.78 is 6.47. The smallest absolute Gasteiger partial charge is 0.264 e. The maximum Gasteiger partial charge on any atom is 0.264 e. The van der Waals surface area contributed by atoms with Gasteiger partial charge in [0.15, 0.2) is 6.04 Å². The number of thioether (sulfide) groups is 1. The Bertz CT molecular complexity index is 300. The average Bonchev–Trinajstić information content (AvgIpc) is 2.54. The standard InChI is InChI=1S/C7H11N3OS/c8-7-5-10(9-11-7)6-1-3-12-4-2-6/h5-6,8H,1-4H2. The van der Waals surface area contributed by atoms with Gasteiger partial charge in [0.2, 0.25) is 6.20 Å². The van der Waals surface area contributed by atoms with Crippen LogP contribution in [-0.4, -0.2) is 11.5 Å². The van der Waals surface area contributed by atoms with Gasteiger partial charge < -0.3 is 4.52 Å². The van der Waals surface area contributed by atoms with E-state index in [1.54, 1.807) is 10.9 Å². The minimum atomic E-state index is 0.147. The highest BCUT2D eigenvalue weighted by molar-refractivity contribution is 7.99. The van der Waals surface area contributed by atoms with E-state index < -0.39 is 0 Å². The first kappa shape index (κ1) is 7.91. The van der Waals surface area contributed by atoms with Gasteiger partial charge in [-0.05, 0) is 11.5 Å². The number of rotatable bonds is 1. The van der Waals surface area contributed by atoms with Gasteiger partial charge in [0.1, 0.15) is 0 Å². The molecule has 5 heteroatoms. The Hall–Kier alpha value is -0.710. The number of hydrogen-bond donors (Lipinski definition) is 1. The van der Waals surface area contributed by atoms with Gasteiger partial charge in [0.05, 0.1) is 0 Å². The van der Waals surface area contributed by atoms with Crippen LogP contribution in [0.25, 0.3) is 0 Å². The van der Waals surface area contributed by atoms with Crippen LogP contribution in [0.5, 0.6) is 0 Å². The van der Waals surface area contributed by atoms with Crippen molar-refractivity contribution in [2.24, 2.45) is 0 Å². The van der Waals surface area contributed by atoms with Gasteiger partial charge in [-0.2, -0.15) is 11.8 Å². The van der Waals surface area contributed by atoms with Gasteiger partial charge >= 0.3 is 0 Å². The molecule has 0 unspecified atom stereocenters. The molecule has 12 heavy (non-hydrogen) atoms. The van der Waals surface area contributed by atoms with E-state index in [4.69, 9.17) is 9.93 Å². The fraction of sp³-hybridized carbons (Fsp3) is 0.714. The van der Waals surface area contributed by atoms with Crippen molar-refractivity contribution >= 4 is 11.8 Å². The van der Waals surface area contributed by atoms with Gasteiger partial charge in [-0.1, -0.05) is 0 Å². The molecule has 0 amide bonds. The SMILES string of the molecule is N=c1c[n+](C2CCSCC2)[n-]o1. The zero-order valence-electron chi connectivity index (χ0n) is 6.69. The highest BCUT2D eigenvalue weighted by Gasteiger charge is 2.19. The van der Waals surface area contributed by atoms with Crippen LogP contribution in [0.3, 0.4) is 0 Å². The summed E-state index contributed by atoms with van der Waals surface area (Å²) in [6, 6.07) is 0.453. The number of nitrogens with one attached hydrogen (secondary N) is 1. The van der Waals surface area contributed by atoms with Gasteiger partial charge in [0, 0.05) is 12.8 Å². The lowest BCUT2D eigenvalue weighted by atomic mass is 10.2. The Morgan fingerprint density at radius 1 is 1.58 bits per heavy atom. The first-order valence-electron chi connectivity index (χ1n) is 4.04. The third-order valence-corrected chi connectivity index (χ3v) is 3.10. The van der Waals surface area contributed by atoms with Crippen LogP contribution in [0.2, 0.25) is 0 Å². The number of aromatic nitrogens is 2. The van der Waals surface area contributed by atoms with E-state index in [1.165, 1.54) is 11.5 Å². The topological polar surface area (TPSA) is 55.0 Å². The molecular weight excluding hydrogens is 174 g/mol. The molecule has 2 rings (SSSR count). The van der Waals surface area contributed by atoms with Crippen LogP contribution < -0.4 is 15.5 Å². The predicted molar refractivity (Wildman–Crippen MR) is 43.7 cm³/mol. The van der Waals surface area contributed by atoms with Crippen molar-refractivity contribution in [2.75, 3.05) is 11.5 Å². The Balaban J connectivity index is 2.13. The monoisotopic (exact) mass is 185 g/mol. The molecule has 1 saturated heterocycles. The molecule has 1 fully saturated rings. The normalized spacial score (nSPS) is 19.7. The highest BCUT2D eigenvalue weighted by Crippen LogP contribution is 2.21. The predicted octanol–water partition coefficient (Wildman–Crippen LogP) is 0.0719. The minimum Gasteiger partial charge on any atom is -0.487 e. The summed E-state index contributed by atoms with van der Waals surface area (Å²) in [6.07, 6.45) is 3.93. The van der Waals surface area contributed by atoms with Gasteiger partial charge in [-0.3, -0.25) is 10.7 Å². The summed E-state index contributed by atoms with van der Waals surface area (Å²) in [5, 5.41) is 11.0. The molecule has 1 aromatic rings. The van der Waals surface area contributed by atoms with Crippen molar-refractivity contribution in [3.8, 4) is 0 Å². The molecule has 0 aromatic carbocycles. The second kappa shape index (κ2) is 3.35. The first-order valence-corrected chi connectivity index (χ1v) is 5.19. The number of hydrogen-bond acceptors (Lipinski definition) is 3. The second-order valence-corrected chi connectivity index (χ2v) is 4.11. The maximum atomic E-state index is 7.18. The molecule has 0 radical (unpaired) electrons. The molecule has 0 saturated carbocycles. The van der Waals surface area contributed by atoms with E-state index >= 15 is 0 Å². The van der Waals surface area contributed by atoms with E-state index in [0.29, 0.717) is 6.04 Å². The molecular formula is C7H11N3OS. The largest absolute Gasteiger partial charge is 0.487 e. The van der Waals surface area contributed by atoms with Crippen LogP contribution in [0, 0.1) is 5.41 Å². The fourth-order valence-corrected chi connectivity index (χ4v) is 2.46. The molecule has 1 aliphatic rings. The third kappa shape index (κ3) is 1.55. The van der Waals surface area contributed by atoms with Gasteiger partial charge in [-0.25, -0.2) is 4.68 Å². The molecule has 66 valence electrons. The summed E-state index contributed by atoms with van der Waals surface area (Å²) in [5.41, 5.74) is 0.147. The molecule has 0 spiro atoms. The molecule has 1 N–H and O–H groups in total. The first-order chi connectivity index (χ1) is 5.86. The van der Waals surface area contributed by atoms with Crippen LogP contribution in [0.1, 0.15) is 18.9 Å². The molecule has 1 aromatic heterocycles. The van der Waals surface area contributed by atoms with E-state index in [0.717, 1.165) is 12.8 Å². The molecule has 4 nitrogen and oxygen atoms in total. The molecule has 0 aliphatic carbocycles. The Morgan fingerprint density at radius 2 is 2.33 bits per heavy atom. The quantitative estimate of drug-likeness (QED) is 0.630. The van der Waals surface area contributed by atoms with Crippen LogP contribution >= 0.6 is 11.8 Å². The van der Waals surface area contributed by atoms with E-state index in [2.05, 4.69) is 5.27 Å². The van der Waals surface area contributed by atoms with Crippen molar-refractivity contribution in [3.05, 3.63) is 11.8 Å². The molecule has 0 atom stereocenters. The highest BCUT2D eigenvalue weighted by atomic mass is 32.2. The Kier molecular flexibility index (Phi) is 2.21. The average molecular weight is 185 g/mol. The molecule has 2 heterocycles. The van der Waals surface area contributed by atoms with Crippen molar-refractivity contribution in [2.45, 2.75) is 18.9 Å². The number of nitrogens with zero attached hydrogens (tertiary/aromatic N) is 2. The molecule has 1 aliphatic heterocycles. The van der Waals surface area contributed by atoms with E-state index in [9.17, 15) is 0 Å². The molecule has 0 bridgehead atoms. The van der Waals surface area contributed by atoms with Gasteiger partial charge in [0.25, 0.3) is 5.55 Å². The zero-order valence-corrected chi connectivity index (χ0v) is 7.51. The Labute approximate surface area is 74.4 Å². The fourth-order valence-electron chi connectivity index (χ4n) is 1.38. The van der Waals surface area contributed by atoms with Crippen molar-refractivity contribution in [1.82, 2.24) is 5.27 Å². The summed E-state index contributed by atoms with van der Waals surface area (Å²) in [6.45, 7) is 0. The summed E-state index contributed by atoms with van der Waals surface area (Å²) >= 11 is 1.98. The summed E-state index contributed by atoms with van der Waals surface area (Å²) in [7, 11) is 0. The lowest BCUT2D eigenvalue weighted by Crippen LogP contribution is -2.44. The zero-order chi connectivity index (χ0) is 8.39. The summed E-state index contributed by atoms with van der Waals surface area (Å²) in [5.74, 6) is 2.38. The van der Waals surface area contributed by atoms with Crippen LogP contribution in [0.15, 0.2) is 10.7 Å². The van der Waals surface area contributed by atoms with E-state index in [1.807, 2.05) is 11.8 Å². The Morgan fingerprint density at radius 3 is 2.92 bits per heavy atom. The van der Waals surface area contributed by atoms with Gasteiger partial charge in [-0.15, -0.1) is 0 Å². The van der Waals surface area contributed by atoms with E-state index in [-0.39, 0.29) is 5.55 Å². The van der Waals surface area contributed by atoms with Crippen LogP contribution in [0.4, 0.5) is 0 Å². The second-order valence-electron chi connectivity index (χ2n) is 2.89. The third-order valence-electron chi connectivity index (χ3n) is 2.05. The van der Waals surface area contributed by atoms with Crippen molar-refractivity contribution in [1.29, 1.82) is 5.41 Å². The lowest BCUT2D eigenvalue weighted by Gasteiger charge is -2.17. The minimum absolute atomic E-state index is 0.147.